The molecule has 0 radical (unpaired) electrons. The average molecular weight is 348 g/mol. The lowest BCUT2D eigenvalue weighted by molar-refractivity contribution is -0.140. The molecule has 0 saturated carbocycles. The Balaban J connectivity index is 1.81. The van der Waals surface area contributed by atoms with E-state index < -0.39 is 23.4 Å². The molecule has 2 aromatic heterocycles. The Morgan fingerprint density at radius 1 is 1.61 bits per heavy atom. The quantitative estimate of drug-likeness (QED) is 0.776. The first-order valence-electron chi connectivity index (χ1n) is 6.95. The first kappa shape index (κ1) is 16.2. The van der Waals surface area contributed by atoms with Crippen molar-refractivity contribution in [2.75, 3.05) is 19.6 Å². The largest absolute Gasteiger partial charge is 0.435 e. The molecule has 0 bridgehead atoms. The molecule has 0 unspecified atom stereocenters. The minimum atomic E-state index is -4.57. The number of rotatable bonds is 3. The molecule has 1 atom stereocenters. The summed E-state index contributed by atoms with van der Waals surface area (Å²) in [5, 5.41) is 19.1. The van der Waals surface area contributed by atoms with Crippen LogP contribution in [-0.4, -0.2) is 46.0 Å². The van der Waals surface area contributed by atoms with Crippen molar-refractivity contribution in [1.82, 2.24) is 20.4 Å². The van der Waals surface area contributed by atoms with E-state index >= 15 is 0 Å². The van der Waals surface area contributed by atoms with Gasteiger partial charge in [0.2, 0.25) is 0 Å². The molecular weight excluding hydrogens is 333 g/mol. The molecule has 0 spiro atoms. The number of hydrogen-bond acceptors (Lipinski definition) is 5. The highest BCUT2D eigenvalue weighted by atomic mass is 32.1. The number of β-amino-alcohol motifs (C(OH)–C–C–N with tert-alkyl or cyclic N) is 1. The van der Waals surface area contributed by atoms with Gasteiger partial charge in [0.1, 0.15) is 4.83 Å². The van der Waals surface area contributed by atoms with Gasteiger partial charge in [-0.3, -0.25) is 9.48 Å². The van der Waals surface area contributed by atoms with Gasteiger partial charge in [-0.15, -0.1) is 11.3 Å². The fourth-order valence-electron chi connectivity index (χ4n) is 2.58. The average Bonchev–Trinajstić information content (AvgIpc) is 3.13. The van der Waals surface area contributed by atoms with Gasteiger partial charge >= 0.3 is 6.18 Å². The third-order valence-corrected chi connectivity index (χ3v) is 5.00. The van der Waals surface area contributed by atoms with Gasteiger partial charge in [0.05, 0.1) is 10.5 Å². The fraction of sp³-hybridized carbons (Fsp3) is 0.538. The Morgan fingerprint density at radius 2 is 2.35 bits per heavy atom. The van der Waals surface area contributed by atoms with E-state index in [1.54, 1.807) is 0 Å². The number of alkyl halides is 3. The van der Waals surface area contributed by atoms with Gasteiger partial charge in [-0.1, -0.05) is 0 Å². The predicted molar refractivity (Wildman–Crippen MR) is 78.4 cm³/mol. The Morgan fingerprint density at radius 3 is 2.96 bits per heavy atom. The van der Waals surface area contributed by atoms with E-state index in [-0.39, 0.29) is 21.6 Å². The summed E-state index contributed by atoms with van der Waals surface area (Å²) in [6.07, 6.45) is -4.05. The van der Waals surface area contributed by atoms with Crippen LogP contribution in [0.4, 0.5) is 13.2 Å². The van der Waals surface area contributed by atoms with E-state index in [1.165, 1.54) is 13.1 Å². The summed E-state index contributed by atoms with van der Waals surface area (Å²) in [5.74, 6) is -0.500. The number of thiophene rings is 1. The normalized spacial score (nSPS) is 22.0. The monoisotopic (exact) mass is 348 g/mol. The van der Waals surface area contributed by atoms with Crippen LogP contribution in [0.5, 0.6) is 0 Å². The lowest BCUT2D eigenvalue weighted by Gasteiger charge is -2.21. The van der Waals surface area contributed by atoms with Crippen LogP contribution >= 0.6 is 11.3 Å². The molecule has 3 rings (SSSR count). The molecule has 1 amide bonds. The van der Waals surface area contributed by atoms with Crippen molar-refractivity contribution >= 4 is 27.5 Å². The maximum atomic E-state index is 12.9. The summed E-state index contributed by atoms with van der Waals surface area (Å²) < 4.78 is 39.9. The van der Waals surface area contributed by atoms with Gasteiger partial charge in [0.15, 0.2) is 5.69 Å². The highest BCUT2D eigenvalue weighted by Crippen LogP contribution is 2.37. The molecule has 3 N–H and O–H groups in total. The standard InChI is InChI=1S/C13H15F3N4O2S/c1-20-11-7(9(19-20)13(14,15)16)4-8(23-11)10(21)18-6-12(22)2-3-17-5-12/h4,17,22H,2-3,5-6H2,1H3,(H,18,21)/t12-/m0/s1. The van der Waals surface area contributed by atoms with Gasteiger partial charge < -0.3 is 15.7 Å². The second kappa shape index (κ2) is 5.46. The molecule has 0 aliphatic carbocycles. The van der Waals surface area contributed by atoms with E-state index in [0.29, 0.717) is 19.5 Å². The SMILES string of the molecule is Cn1nc(C(F)(F)F)c2cc(C(=O)NC[C@]3(O)CCNC3)sc21. The van der Waals surface area contributed by atoms with Crippen LogP contribution in [-0.2, 0) is 13.2 Å². The molecule has 1 aliphatic rings. The number of amides is 1. The molecular formula is C13H15F3N4O2S. The molecule has 1 saturated heterocycles. The van der Waals surface area contributed by atoms with Crippen LogP contribution in [0.3, 0.4) is 0 Å². The molecule has 10 heteroatoms. The smallest absolute Gasteiger partial charge is 0.387 e. The second-order valence-corrected chi connectivity index (χ2v) is 6.66. The number of halogens is 3. The van der Waals surface area contributed by atoms with Gasteiger partial charge in [0, 0.05) is 25.5 Å². The number of aryl methyl sites for hydroxylation is 1. The number of nitrogens with one attached hydrogen (secondary N) is 2. The van der Waals surface area contributed by atoms with Crippen molar-refractivity contribution in [3.8, 4) is 0 Å². The van der Waals surface area contributed by atoms with Crippen LogP contribution in [0.25, 0.3) is 10.2 Å². The number of fused-ring (bicyclic) bond motifs is 1. The molecule has 0 aromatic carbocycles. The van der Waals surface area contributed by atoms with Gasteiger partial charge in [-0.25, -0.2) is 0 Å². The van der Waals surface area contributed by atoms with E-state index in [9.17, 15) is 23.1 Å². The van der Waals surface area contributed by atoms with Crippen LogP contribution in [0, 0.1) is 0 Å². The van der Waals surface area contributed by atoms with E-state index in [2.05, 4.69) is 15.7 Å². The minimum absolute atomic E-state index is 0.0530. The predicted octanol–water partition coefficient (Wildman–Crippen LogP) is 1.11. The van der Waals surface area contributed by atoms with Gasteiger partial charge in [0.25, 0.3) is 5.91 Å². The van der Waals surface area contributed by atoms with Crippen molar-refractivity contribution in [2.24, 2.45) is 7.05 Å². The highest BCUT2D eigenvalue weighted by molar-refractivity contribution is 7.20. The Hall–Kier alpha value is -1.65. The van der Waals surface area contributed by atoms with Crippen LogP contribution < -0.4 is 10.6 Å². The van der Waals surface area contributed by atoms with Crippen LogP contribution in [0.2, 0.25) is 0 Å². The maximum absolute atomic E-state index is 12.9. The van der Waals surface area contributed by atoms with E-state index in [4.69, 9.17) is 0 Å². The highest BCUT2D eigenvalue weighted by Gasteiger charge is 2.38. The Bertz CT molecular complexity index is 746. The van der Waals surface area contributed by atoms with Crippen LogP contribution in [0.1, 0.15) is 21.8 Å². The van der Waals surface area contributed by atoms with Crippen molar-refractivity contribution < 1.29 is 23.1 Å². The molecule has 126 valence electrons. The topological polar surface area (TPSA) is 79.2 Å². The summed E-state index contributed by atoms with van der Waals surface area (Å²) in [6.45, 7) is 1.09. The third kappa shape index (κ3) is 3.06. The zero-order chi connectivity index (χ0) is 16.8. The number of aromatic nitrogens is 2. The van der Waals surface area contributed by atoms with Gasteiger partial charge in [-0.2, -0.15) is 18.3 Å². The zero-order valence-corrected chi connectivity index (χ0v) is 13.0. The first-order chi connectivity index (χ1) is 10.7. The third-order valence-electron chi connectivity index (χ3n) is 3.80. The summed E-state index contributed by atoms with van der Waals surface area (Å²) >= 11 is 0.942. The number of carbonyl (C=O) groups excluding carboxylic acids is 1. The van der Waals surface area contributed by atoms with Crippen molar-refractivity contribution in [2.45, 2.75) is 18.2 Å². The molecule has 3 heterocycles. The van der Waals surface area contributed by atoms with Gasteiger partial charge in [-0.05, 0) is 19.0 Å². The van der Waals surface area contributed by atoms with Crippen molar-refractivity contribution in [3.63, 3.8) is 0 Å². The summed E-state index contributed by atoms with van der Waals surface area (Å²) in [4.78, 5) is 12.6. The maximum Gasteiger partial charge on any atom is 0.435 e. The summed E-state index contributed by atoms with van der Waals surface area (Å²) in [5.41, 5.74) is -2.01. The molecule has 23 heavy (non-hydrogen) atoms. The molecule has 1 aliphatic heterocycles. The minimum Gasteiger partial charge on any atom is -0.387 e. The lowest BCUT2D eigenvalue weighted by Crippen LogP contribution is -2.44. The summed E-state index contributed by atoms with van der Waals surface area (Å²) in [7, 11) is 1.41. The lowest BCUT2D eigenvalue weighted by atomic mass is 10.0. The van der Waals surface area contributed by atoms with E-state index in [1.807, 2.05) is 0 Å². The molecule has 6 nitrogen and oxygen atoms in total. The number of hydrogen-bond donors (Lipinski definition) is 3. The number of carbonyl (C=O) groups is 1. The van der Waals surface area contributed by atoms with Crippen molar-refractivity contribution in [3.05, 3.63) is 16.6 Å². The number of aliphatic hydroxyl groups is 1. The Kier molecular flexibility index (Phi) is 3.85. The van der Waals surface area contributed by atoms with E-state index in [0.717, 1.165) is 16.0 Å². The van der Waals surface area contributed by atoms with Crippen molar-refractivity contribution in [1.29, 1.82) is 0 Å². The first-order valence-corrected chi connectivity index (χ1v) is 7.76. The Labute approximate surface area is 133 Å². The second-order valence-electron chi connectivity index (χ2n) is 5.63. The number of nitrogens with zero attached hydrogens (tertiary/aromatic N) is 2. The summed E-state index contributed by atoms with van der Waals surface area (Å²) in [6, 6.07) is 1.20. The van der Waals surface area contributed by atoms with Crippen LogP contribution in [0.15, 0.2) is 6.07 Å². The molecule has 1 fully saturated rings. The molecule has 2 aromatic rings. The fourth-order valence-corrected chi connectivity index (χ4v) is 3.56. The zero-order valence-electron chi connectivity index (χ0n) is 12.2.